The van der Waals surface area contributed by atoms with Gasteiger partial charge in [0.2, 0.25) is 0 Å². The largest absolute Gasteiger partial charge is 0.289 e. The second kappa shape index (κ2) is 5.38. The van der Waals surface area contributed by atoms with Crippen LogP contribution < -0.4 is 0 Å². The monoisotopic (exact) mass is 294 g/mol. The first-order valence-corrected chi connectivity index (χ1v) is 7.42. The average Bonchev–Trinajstić information content (AvgIpc) is 3.20. The third-order valence-electron chi connectivity index (χ3n) is 3.98. The van der Waals surface area contributed by atoms with Gasteiger partial charge in [0.15, 0.2) is 0 Å². The molecule has 0 spiro atoms. The molecule has 0 radical (unpaired) electrons. The molecule has 0 unspecified atom stereocenters. The van der Waals surface area contributed by atoms with E-state index in [0.29, 0.717) is 6.54 Å². The van der Waals surface area contributed by atoms with Crippen LogP contribution in [-0.2, 0) is 33.2 Å². The van der Waals surface area contributed by atoms with Crippen LogP contribution in [0.15, 0.2) is 42.9 Å². The Hall–Kier alpha value is -2.47. The Morgan fingerprint density at radius 2 is 1.82 bits per heavy atom. The van der Waals surface area contributed by atoms with Gasteiger partial charge < -0.3 is 0 Å². The smallest absolute Gasteiger partial charge is 0.0967 e. The van der Waals surface area contributed by atoms with Crippen molar-refractivity contribution < 1.29 is 0 Å². The lowest BCUT2D eigenvalue weighted by Crippen LogP contribution is -2.15. The molecule has 1 aliphatic heterocycles. The molecule has 1 aromatic carbocycles. The topological polar surface area (TPSA) is 51.8 Å². The van der Waals surface area contributed by atoms with E-state index < -0.39 is 0 Å². The van der Waals surface area contributed by atoms with Gasteiger partial charge in [-0.1, -0.05) is 29.5 Å². The summed E-state index contributed by atoms with van der Waals surface area (Å²) in [5, 5.41) is 12.7. The molecule has 0 fully saturated rings. The number of benzene rings is 1. The zero-order chi connectivity index (χ0) is 14.9. The molecule has 3 aromatic rings. The number of rotatable bonds is 4. The van der Waals surface area contributed by atoms with Crippen molar-refractivity contribution in [2.24, 2.45) is 7.05 Å². The minimum atomic E-state index is 0.709. The van der Waals surface area contributed by atoms with E-state index in [2.05, 4.69) is 44.6 Å². The summed E-state index contributed by atoms with van der Waals surface area (Å²) in [5.74, 6) is 0. The van der Waals surface area contributed by atoms with E-state index >= 15 is 0 Å². The molecule has 2 aromatic heterocycles. The lowest BCUT2D eigenvalue weighted by atomic mass is 10.1. The maximum atomic E-state index is 4.29. The van der Waals surface area contributed by atoms with Gasteiger partial charge in [-0.15, -0.1) is 5.10 Å². The quantitative estimate of drug-likeness (QED) is 0.733. The molecule has 0 saturated heterocycles. The summed E-state index contributed by atoms with van der Waals surface area (Å²) < 4.78 is 3.67. The van der Waals surface area contributed by atoms with Crippen LogP contribution in [0.25, 0.3) is 0 Å². The van der Waals surface area contributed by atoms with E-state index in [1.54, 1.807) is 4.68 Å². The van der Waals surface area contributed by atoms with Gasteiger partial charge in [0.05, 0.1) is 24.6 Å². The Morgan fingerprint density at radius 3 is 2.50 bits per heavy atom. The second-order valence-corrected chi connectivity index (χ2v) is 5.84. The van der Waals surface area contributed by atoms with Gasteiger partial charge in [0, 0.05) is 38.4 Å². The standard InChI is InChI=1S/C16H18N6/c1-20-7-13(6-17-20)8-22-12-16(18-19-22)11-21-9-14-4-2-3-5-15(14)10-21/h2-7,12H,8-11H2,1H3. The number of aromatic nitrogens is 5. The molecule has 0 atom stereocenters. The van der Waals surface area contributed by atoms with Gasteiger partial charge >= 0.3 is 0 Å². The Balaban J connectivity index is 1.41. The number of aryl methyl sites for hydroxylation is 1. The van der Waals surface area contributed by atoms with Crippen LogP contribution in [0.1, 0.15) is 22.4 Å². The highest BCUT2D eigenvalue weighted by Gasteiger charge is 2.19. The highest BCUT2D eigenvalue weighted by Crippen LogP contribution is 2.23. The van der Waals surface area contributed by atoms with Gasteiger partial charge in [0.1, 0.15) is 0 Å². The normalized spacial score (nSPS) is 14.4. The maximum absolute atomic E-state index is 4.29. The lowest BCUT2D eigenvalue weighted by molar-refractivity contribution is 0.272. The molecule has 6 heteroatoms. The third-order valence-corrected chi connectivity index (χ3v) is 3.98. The van der Waals surface area contributed by atoms with Crippen molar-refractivity contribution in [3.8, 4) is 0 Å². The average molecular weight is 294 g/mol. The predicted molar refractivity (Wildman–Crippen MR) is 81.7 cm³/mol. The molecule has 22 heavy (non-hydrogen) atoms. The molecule has 4 rings (SSSR count). The fraction of sp³-hybridized carbons (Fsp3) is 0.312. The Morgan fingerprint density at radius 1 is 1.05 bits per heavy atom. The van der Waals surface area contributed by atoms with Crippen LogP contribution in [0, 0.1) is 0 Å². The third kappa shape index (κ3) is 2.65. The molecule has 3 heterocycles. The van der Waals surface area contributed by atoms with Crippen molar-refractivity contribution in [3.05, 3.63) is 65.2 Å². The Kier molecular flexibility index (Phi) is 3.23. The highest BCUT2D eigenvalue weighted by molar-refractivity contribution is 5.30. The molecule has 0 amide bonds. The number of hydrogen-bond acceptors (Lipinski definition) is 4. The van der Waals surface area contributed by atoms with Crippen molar-refractivity contribution in [3.63, 3.8) is 0 Å². The zero-order valence-corrected chi connectivity index (χ0v) is 12.6. The van der Waals surface area contributed by atoms with Crippen molar-refractivity contribution in [2.45, 2.75) is 26.2 Å². The number of hydrogen-bond donors (Lipinski definition) is 0. The minimum absolute atomic E-state index is 0.709. The molecular formula is C16H18N6. The van der Waals surface area contributed by atoms with Crippen molar-refractivity contribution >= 4 is 0 Å². The van der Waals surface area contributed by atoms with Crippen LogP contribution in [0.2, 0.25) is 0 Å². The molecule has 0 N–H and O–H groups in total. The van der Waals surface area contributed by atoms with Gasteiger partial charge in [-0.3, -0.25) is 9.58 Å². The molecule has 0 saturated carbocycles. The lowest BCUT2D eigenvalue weighted by Gasteiger charge is -2.11. The first kappa shape index (κ1) is 13.2. The van der Waals surface area contributed by atoms with Crippen LogP contribution in [0.5, 0.6) is 0 Å². The number of nitrogens with zero attached hydrogens (tertiary/aromatic N) is 6. The zero-order valence-electron chi connectivity index (χ0n) is 12.6. The highest BCUT2D eigenvalue weighted by atomic mass is 15.4. The fourth-order valence-electron chi connectivity index (χ4n) is 2.97. The van der Waals surface area contributed by atoms with E-state index in [0.717, 1.165) is 30.9 Å². The van der Waals surface area contributed by atoms with E-state index in [9.17, 15) is 0 Å². The first-order valence-electron chi connectivity index (χ1n) is 7.42. The van der Waals surface area contributed by atoms with Gasteiger partial charge in [0.25, 0.3) is 0 Å². The van der Waals surface area contributed by atoms with Crippen molar-refractivity contribution in [2.75, 3.05) is 0 Å². The molecule has 6 nitrogen and oxygen atoms in total. The van der Waals surface area contributed by atoms with Crippen molar-refractivity contribution in [1.82, 2.24) is 29.7 Å². The van der Waals surface area contributed by atoms with E-state index in [-0.39, 0.29) is 0 Å². The van der Waals surface area contributed by atoms with Crippen LogP contribution in [0.3, 0.4) is 0 Å². The fourth-order valence-corrected chi connectivity index (χ4v) is 2.97. The van der Waals surface area contributed by atoms with Crippen LogP contribution >= 0.6 is 0 Å². The summed E-state index contributed by atoms with van der Waals surface area (Å²) in [5.41, 5.74) is 4.99. The molecule has 0 aliphatic carbocycles. The molecule has 1 aliphatic rings. The maximum Gasteiger partial charge on any atom is 0.0967 e. The van der Waals surface area contributed by atoms with Crippen LogP contribution in [-0.4, -0.2) is 29.7 Å². The summed E-state index contributed by atoms with van der Waals surface area (Å²) in [6, 6.07) is 8.61. The van der Waals surface area contributed by atoms with Crippen LogP contribution in [0.4, 0.5) is 0 Å². The molecule has 0 bridgehead atoms. The predicted octanol–water partition coefficient (Wildman–Crippen LogP) is 1.58. The summed E-state index contributed by atoms with van der Waals surface area (Å²) in [4.78, 5) is 2.39. The Bertz CT molecular complexity index is 762. The Labute approximate surface area is 129 Å². The minimum Gasteiger partial charge on any atom is -0.289 e. The number of fused-ring (bicyclic) bond motifs is 1. The van der Waals surface area contributed by atoms with E-state index in [1.807, 2.05) is 30.3 Å². The second-order valence-electron chi connectivity index (χ2n) is 5.84. The van der Waals surface area contributed by atoms with Gasteiger partial charge in [-0.25, -0.2) is 4.68 Å². The van der Waals surface area contributed by atoms with E-state index in [4.69, 9.17) is 0 Å². The summed E-state index contributed by atoms with van der Waals surface area (Å²) >= 11 is 0. The van der Waals surface area contributed by atoms with Crippen molar-refractivity contribution in [1.29, 1.82) is 0 Å². The van der Waals surface area contributed by atoms with Gasteiger partial charge in [-0.2, -0.15) is 5.10 Å². The summed E-state index contributed by atoms with van der Waals surface area (Å²) in [7, 11) is 1.92. The van der Waals surface area contributed by atoms with E-state index in [1.165, 1.54) is 11.1 Å². The molecule has 112 valence electrons. The summed E-state index contributed by atoms with van der Waals surface area (Å²) in [6.07, 6.45) is 5.88. The first-order chi connectivity index (χ1) is 10.8. The van der Waals surface area contributed by atoms with Gasteiger partial charge in [-0.05, 0) is 11.1 Å². The SMILES string of the molecule is Cn1cc(Cn2cc(CN3Cc4ccccc4C3)nn2)cn1. The summed E-state index contributed by atoms with van der Waals surface area (Å²) in [6.45, 7) is 3.53. The molecular weight excluding hydrogens is 276 g/mol.